The summed E-state index contributed by atoms with van der Waals surface area (Å²) in [5, 5.41) is 3.76. The molecule has 1 atom stereocenters. The number of hydrogen-bond donors (Lipinski definition) is 2. The van der Waals surface area contributed by atoms with Crippen LogP contribution in [0.2, 0.25) is 0 Å². The van der Waals surface area contributed by atoms with Crippen molar-refractivity contribution in [2.24, 2.45) is 5.92 Å². The van der Waals surface area contributed by atoms with E-state index in [1.165, 1.54) is 20.5 Å². The van der Waals surface area contributed by atoms with Gasteiger partial charge in [-0.1, -0.05) is 26.7 Å². The second-order valence-electron chi connectivity index (χ2n) is 5.88. The van der Waals surface area contributed by atoms with Gasteiger partial charge in [0.05, 0.1) is 0 Å². The molecule has 122 valence electrons. The van der Waals surface area contributed by atoms with Crippen molar-refractivity contribution in [3.63, 3.8) is 0 Å². The Balaban J connectivity index is 2.82. The standard InChI is InChI=1S/C13H26N4O2S2/c1-9(2)7-6-8-10(3)15-13-11(12(14)16-20-13)21(18,19)17(4)5/h9-10,15H,6-8H2,1-5H3,(H2,14,16). The Labute approximate surface area is 131 Å². The fourth-order valence-corrected chi connectivity index (χ4v) is 4.12. The smallest absolute Gasteiger partial charge is 0.249 e. The molecule has 0 radical (unpaired) electrons. The third-order valence-electron chi connectivity index (χ3n) is 3.21. The highest BCUT2D eigenvalue weighted by atomic mass is 32.2. The minimum absolute atomic E-state index is 0.0607. The van der Waals surface area contributed by atoms with Crippen molar-refractivity contribution in [1.82, 2.24) is 8.68 Å². The second kappa shape index (κ2) is 7.42. The summed E-state index contributed by atoms with van der Waals surface area (Å²) in [6.07, 6.45) is 3.26. The molecule has 1 aromatic rings. The maximum atomic E-state index is 12.3. The third kappa shape index (κ3) is 4.82. The van der Waals surface area contributed by atoms with Crippen molar-refractivity contribution in [3.8, 4) is 0 Å². The predicted molar refractivity (Wildman–Crippen MR) is 89.2 cm³/mol. The van der Waals surface area contributed by atoms with E-state index in [0.717, 1.165) is 28.7 Å². The van der Waals surface area contributed by atoms with Crippen LogP contribution in [0.5, 0.6) is 0 Å². The molecule has 6 nitrogen and oxygen atoms in total. The van der Waals surface area contributed by atoms with Crippen LogP contribution in [0.4, 0.5) is 10.8 Å². The van der Waals surface area contributed by atoms with Crippen molar-refractivity contribution in [2.75, 3.05) is 25.1 Å². The van der Waals surface area contributed by atoms with E-state index < -0.39 is 10.0 Å². The Bertz CT molecular complexity index is 553. The van der Waals surface area contributed by atoms with E-state index in [1.54, 1.807) is 0 Å². The lowest BCUT2D eigenvalue weighted by molar-refractivity contribution is 0.518. The Morgan fingerprint density at radius 1 is 1.29 bits per heavy atom. The van der Waals surface area contributed by atoms with Gasteiger partial charge in [-0.05, 0) is 30.8 Å². The first kappa shape index (κ1) is 18.2. The van der Waals surface area contributed by atoms with Crippen LogP contribution in [0.25, 0.3) is 0 Å². The van der Waals surface area contributed by atoms with Crippen LogP contribution >= 0.6 is 11.5 Å². The molecule has 0 aliphatic heterocycles. The summed E-state index contributed by atoms with van der Waals surface area (Å²) < 4.78 is 29.7. The van der Waals surface area contributed by atoms with Gasteiger partial charge in [-0.15, -0.1) is 0 Å². The van der Waals surface area contributed by atoms with Crippen LogP contribution in [0, 0.1) is 5.92 Å². The lowest BCUT2D eigenvalue weighted by Crippen LogP contribution is -2.24. The van der Waals surface area contributed by atoms with E-state index in [9.17, 15) is 8.42 Å². The molecule has 0 aromatic carbocycles. The predicted octanol–water partition coefficient (Wildman–Crippen LogP) is 2.60. The first-order chi connectivity index (χ1) is 9.66. The molecule has 0 amide bonds. The number of aromatic nitrogens is 1. The lowest BCUT2D eigenvalue weighted by Gasteiger charge is -2.17. The number of nitrogen functional groups attached to an aromatic ring is 1. The van der Waals surface area contributed by atoms with E-state index >= 15 is 0 Å². The number of nitrogens with one attached hydrogen (secondary N) is 1. The Morgan fingerprint density at radius 3 is 2.43 bits per heavy atom. The van der Waals surface area contributed by atoms with Gasteiger partial charge < -0.3 is 11.1 Å². The quantitative estimate of drug-likeness (QED) is 0.763. The SMILES string of the molecule is CC(C)CCCC(C)Nc1snc(N)c1S(=O)(=O)N(C)C. The minimum atomic E-state index is -3.58. The fourth-order valence-electron chi connectivity index (χ4n) is 1.95. The highest BCUT2D eigenvalue weighted by Crippen LogP contribution is 2.33. The Morgan fingerprint density at radius 2 is 1.90 bits per heavy atom. The molecule has 8 heteroatoms. The molecule has 0 aliphatic rings. The number of sulfonamides is 1. The van der Waals surface area contributed by atoms with Crippen molar-refractivity contribution in [2.45, 2.75) is 51.0 Å². The maximum Gasteiger partial charge on any atom is 0.249 e. The van der Waals surface area contributed by atoms with E-state index in [1.807, 2.05) is 6.92 Å². The van der Waals surface area contributed by atoms with E-state index in [2.05, 4.69) is 23.5 Å². The van der Waals surface area contributed by atoms with E-state index in [4.69, 9.17) is 5.73 Å². The molecule has 1 heterocycles. The van der Waals surface area contributed by atoms with Crippen molar-refractivity contribution in [1.29, 1.82) is 0 Å². The van der Waals surface area contributed by atoms with E-state index in [0.29, 0.717) is 10.9 Å². The second-order valence-corrected chi connectivity index (χ2v) is 8.75. The molecule has 1 aromatic heterocycles. The van der Waals surface area contributed by atoms with Crippen LogP contribution in [0.15, 0.2) is 4.90 Å². The minimum Gasteiger partial charge on any atom is -0.382 e. The molecular weight excluding hydrogens is 308 g/mol. The van der Waals surface area contributed by atoms with Gasteiger partial charge in [0.2, 0.25) is 10.0 Å². The molecule has 0 spiro atoms. The maximum absolute atomic E-state index is 12.3. The molecule has 0 saturated carbocycles. The molecule has 21 heavy (non-hydrogen) atoms. The summed E-state index contributed by atoms with van der Waals surface area (Å²) in [7, 11) is -0.604. The summed E-state index contributed by atoms with van der Waals surface area (Å²) in [5.74, 6) is 0.742. The summed E-state index contributed by atoms with van der Waals surface area (Å²) in [6.45, 7) is 6.44. The number of nitrogens with two attached hydrogens (primary N) is 1. The largest absolute Gasteiger partial charge is 0.382 e. The first-order valence-electron chi connectivity index (χ1n) is 7.10. The van der Waals surface area contributed by atoms with Gasteiger partial charge in [-0.3, -0.25) is 0 Å². The molecular formula is C13H26N4O2S2. The molecule has 3 N–H and O–H groups in total. The summed E-state index contributed by atoms with van der Waals surface area (Å²) in [4.78, 5) is 0.0909. The van der Waals surface area contributed by atoms with Gasteiger partial charge >= 0.3 is 0 Å². The van der Waals surface area contributed by atoms with Crippen LogP contribution in [-0.4, -0.2) is 37.2 Å². The summed E-state index contributed by atoms with van der Waals surface area (Å²) >= 11 is 1.10. The Kier molecular flexibility index (Phi) is 6.42. The van der Waals surface area contributed by atoms with Crippen LogP contribution < -0.4 is 11.1 Å². The van der Waals surface area contributed by atoms with Gasteiger partial charge in [0.15, 0.2) is 10.7 Å². The van der Waals surface area contributed by atoms with Gasteiger partial charge in [-0.25, -0.2) is 12.7 Å². The molecule has 0 bridgehead atoms. The third-order valence-corrected chi connectivity index (χ3v) is 6.02. The number of rotatable bonds is 8. The normalized spacial score (nSPS) is 13.9. The monoisotopic (exact) mass is 334 g/mol. The molecule has 0 aliphatic carbocycles. The zero-order valence-electron chi connectivity index (χ0n) is 13.4. The highest BCUT2D eigenvalue weighted by molar-refractivity contribution is 7.89. The average Bonchev–Trinajstić information content (AvgIpc) is 2.70. The topological polar surface area (TPSA) is 88.3 Å². The number of nitrogens with zero attached hydrogens (tertiary/aromatic N) is 2. The van der Waals surface area contributed by atoms with E-state index in [-0.39, 0.29) is 16.8 Å². The van der Waals surface area contributed by atoms with Crippen LogP contribution in [-0.2, 0) is 10.0 Å². The van der Waals surface area contributed by atoms with Crippen molar-refractivity contribution in [3.05, 3.63) is 0 Å². The van der Waals surface area contributed by atoms with Crippen LogP contribution in [0.3, 0.4) is 0 Å². The average molecular weight is 335 g/mol. The number of hydrogen-bond acceptors (Lipinski definition) is 6. The van der Waals surface area contributed by atoms with Crippen molar-refractivity contribution < 1.29 is 8.42 Å². The van der Waals surface area contributed by atoms with Gasteiger partial charge in [0.25, 0.3) is 0 Å². The van der Waals surface area contributed by atoms with Gasteiger partial charge in [0, 0.05) is 20.1 Å². The van der Waals surface area contributed by atoms with Gasteiger partial charge in [0.1, 0.15) is 5.00 Å². The van der Waals surface area contributed by atoms with Crippen LogP contribution in [0.1, 0.15) is 40.0 Å². The summed E-state index contributed by atoms with van der Waals surface area (Å²) in [6, 6.07) is 0.180. The zero-order valence-corrected chi connectivity index (χ0v) is 15.0. The molecule has 0 fully saturated rings. The van der Waals surface area contributed by atoms with Gasteiger partial charge in [-0.2, -0.15) is 4.37 Å². The highest BCUT2D eigenvalue weighted by Gasteiger charge is 2.28. The Hall–Kier alpha value is -0.860. The van der Waals surface area contributed by atoms with Crippen molar-refractivity contribution >= 4 is 32.4 Å². The lowest BCUT2D eigenvalue weighted by atomic mass is 10.0. The molecule has 1 unspecified atom stereocenters. The molecule has 1 rings (SSSR count). The molecule has 0 saturated heterocycles. The summed E-state index contributed by atoms with van der Waals surface area (Å²) in [5.41, 5.74) is 5.73. The fraction of sp³-hybridized carbons (Fsp3) is 0.769. The zero-order chi connectivity index (χ0) is 16.2. The number of anilines is 2. The first-order valence-corrected chi connectivity index (χ1v) is 9.31.